The molecule has 1 heterocycles. The van der Waals surface area contributed by atoms with Gasteiger partial charge >= 0.3 is 0 Å². The van der Waals surface area contributed by atoms with Gasteiger partial charge in [-0.25, -0.2) is 9.37 Å². The molecule has 5 nitrogen and oxygen atoms in total. The fourth-order valence-corrected chi connectivity index (χ4v) is 2.76. The van der Waals surface area contributed by atoms with Crippen molar-refractivity contribution in [1.29, 1.82) is 0 Å². The van der Waals surface area contributed by atoms with Crippen LogP contribution in [-0.4, -0.2) is 22.4 Å². The van der Waals surface area contributed by atoms with Crippen molar-refractivity contribution in [2.45, 2.75) is 25.7 Å². The van der Waals surface area contributed by atoms with Crippen LogP contribution in [0.1, 0.15) is 24.2 Å². The molecule has 0 saturated carbocycles. The Morgan fingerprint density at radius 3 is 2.65 bits per heavy atom. The lowest BCUT2D eigenvalue weighted by atomic mass is 10.1. The summed E-state index contributed by atoms with van der Waals surface area (Å²) in [7, 11) is 0. The number of amides is 1. The summed E-state index contributed by atoms with van der Waals surface area (Å²) in [5.41, 5.74) is 1.48. The molecular formula is C20H20FN3O2. The number of hydrogen-bond donors (Lipinski definition) is 2. The highest BCUT2D eigenvalue weighted by Crippen LogP contribution is 2.07. The number of hydrogen-bond acceptors (Lipinski definition) is 3. The second-order valence-corrected chi connectivity index (χ2v) is 6.11. The lowest BCUT2D eigenvalue weighted by molar-refractivity contribution is -0.121. The highest BCUT2D eigenvalue weighted by Gasteiger charge is 2.05. The number of carbonyl (C=O) groups is 1. The van der Waals surface area contributed by atoms with Crippen LogP contribution >= 0.6 is 0 Å². The molecule has 2 aromatic carbocycles. The summed E-state index contributed by atoms with van der Waals surface area (Å²) in [6.45, 7) is 0.509. The van der Waals surface area contributed by atoms with Crippen LogP contribution < -0.4 is 10.9 Å². The van der Waals surface area contributed by atoms with Crippen molar-refractivity contribution in [2.75, 3.05) is 6.54 Å². The minimum absolute atomic E-state index is 0.0461. The van der Waals surface area contributed by atoms with E-state index in [2.05, 4.69) is 15.3 Å². The first-order chi connectivity index (χ1) is 12.6. The molecule has 0 bridgehead atoms. The van der Waals surface area contributed by atoms with E-state index >= 15 is 0 Å². The van der Waals surface area contributed by atoms with E-state index in [4.69, 9.17) is 0 Å². The van der Waals surface area contributed by atoms with Crippen molar-refractivity contribution in [2.24, 2.45) is 0 Å². The summed E-state index contributed by atoms with van der Waals surface area (Å²) < 4.78 is 12.8. The molecule has 2 N–H and O–H groups in total. The zero-order valence-corrected chi connectivity index (χ0v) is 14.3. The molecule has 0 radical (unpaired) electrons. The van der Waals surface area contributed by atoms with Gasteiger partial charge in [-0.2, -0.15) is 0 Å². The van der Waals surface area contributed by atoms with Crippen LogP contribution in [0.3, 0.4) is 0 Å². The molecule has 1 aromatic heterocycles. The summed E-state index contributed by atoms with van der Waals surface area (Å²) in [6.07, 6.45) is 2.15. The number of aryl methyl sites for hydroxylation is 1. The Balaban J connectivity index is 1.43. The molecular weight excluding hydrogens is 333 g/mol. The normalized spacial score (nSPS) is 10.8. The van der Waals surface area contributed by atoms with Crippen LogP contribution in [0.4, 0.5) is 4.39 Å². The lowest BCUT2D eigenvalue weighted by Gasteiger charge is -2.06. The quantitative estimate of drug-likeness (QED) is 0.686. The van der Waals surface area contributed by atoms with Crippen LogP contribution in [0.15, 0.2) is 53.3 Å². The predicted octanol–water partition coefficient (Wildman–Crippen LogP) is 2.74. The van der Waals surface area contributed by atoms with Gasteiger partial charge in [0.25, 0.3) is 5.56 Å². The SMILES string of the molecule is O=C(CCCc1nc2ccccc2c(=O)[nH]1)NCCc1ccc(F)cc1. The molecule has 0 aliphatic heterocycles. The zero-order valence-electron chi connectivity index (χ0n) is 14.3. The molecule has 0 fully saturated rings. The molecule has 134 valence electrons. The van der Waals surface area contributed by atoms with E-state index < -0.39 is 0 Å². The van der Waals surface area contributed by atoms with Crippen molar-refractivity contribution < 1.29 is 9.18 Å². The Labute approximate surface area is 150 Å². The Kier molecular flexibility index (Phi) is 5.73. The number of H-pyrrole nitrogens is 1. The van der Waals surface area contributed by atoms with Gasteiger partial charge in [0.2, 0.25) is 5.91 Å². The minimum atomic E-state index is -0.266. The summed E-state index contributed by atoms with van der Waals surface area (Å²) in [4.78, 5) is 31.1. The number of halogens is 1. The number of aromatic nitrogens is 2. The average Bonchev–Trinajstić information content (AvgIpc) is 2.63. The number of fused-ring (bicyclic) bond motifs is 1. The predicted molar refractivity (Wildman–Crippen MR) is 98.4 cm³/mol. The van der Waals surface area contributed by atoms with E-state index in [1.54, 1.807) is 30.3 Å². The molecule has 3 rings (SSSR count). The van der Waals surface area contributed by atoms with Gasteiger partial charge in [0, 0.05) is 19.4 Å². The smallest absolute Gasteiger partial charge is 0.258 e. The van der Waals surface area contributed by atoms with Crippen LogP contribution in [0.2, 0.25) is 0 Å². The Hall–Kier alpha value is -3.02. The van der Waals surface area contributed by atoms with Crippen molar-refractivity contribution in [3.63, 3.8) is 0 Å². The second-order valence-electron chi connectivity index (χ2n) is 6.11. The molecule has 6 heteroatoms. The van der Waals surface area contributed by atoms with Crippen LogP contribution in [0.5, 0.6) is 0 Å². The number of aromatic amines is 1. The summed E-state index contributed by atoms with van der Waals surface area (Å²) >= 11 is 0. The molecule has 0 spiro atoms. The van der Waals surface area contributed by atoms with Gasteiger partial charge in [0.1, 0.15) is 11.6 Å². The maximum absolute atomic E-state index is 12.8. The Bertz CT molecular complexity index is 951. The van der Waals surface area contributed by atoms with E-state index in [1.807, 2.05) is 6.07 Å². The lowest BCUT2D eigenvalue weighted by Crippen LogP contribution is -2.25. The van der Waals surface area contributed by atoms with Gasteiger partial charge in [-0.3, -0.25) is 9.59 Å². The van der Waals surface area contributed by atoms with E-state index in [1.165, 1.54) is 12.1 Å². The Morgan fingerprint density at radius 2 is 1.85 bits per heavy atom. The standard InChI is InChI=1S/C20H20FN3O2/c21-15-10-8-14(9-11-15)12-13-22-19(25)7-3-6-18-23-17-5-2-1-4-16(17)20(26)24-18/h1-2,4-5,8-11H,3,6-7,12-13H2,(H,22,25)(H,23,24,26). The minimum Gasteiger partial charge on any atom is -0.356 e. The topological polar surface area (TPSA) is 74.8 Å². The first-order valence-electron chi connectivity index (χ1n) is 8.61. The highest BCUT2D eigenvalue weighted by atomic mass is 19.1. The third-order valence-electron chi connectivity index (χ3n) is 4.13. The van der Waals surface area contributed by atoms with Gasteiger partial charge in [-0.1, -0.05) is 24.3 Å². The largest absolute Gasteiger partial charge is 0.356 e. The molecule has 0 aliphatic rings. The number of benzene rings is 2. The number of nitrogens with one attached hydrogen (secondary N) is 2. The van der Waals surface area contributed by atoms with Crippen molar-refractivity contribution >= 4 is 16.8 Å². The summed E-state index contributed by atoms with van der Waals surface area (Å²) in [5.74, 6) is 0.279. The third-order valence-corrected chi connectivity index (χ3v) is 4.13. The Morgan fingerprint density at radius 1 is 1.08 bits per heavy atom. The van der Waals surface area contributed by atoms with E-state index in [0.29, 0.717) is 49.0 Å². The molecule has 0 aliphatic carbocycles. The first kappa shape index (κ1) is 17.8. The number of carbonyl (C=O) groups excluding carboxylic acids is 1. The molecule has 3 aromatic rings. The maximum atomic E-state index is 12.8. The van der Waals surface area contributed by atoms with Gasteiger partial charge < -0.3 is 10.3 Å². The van der Waals surface area contributed by atoms with Crippen molar-refractivity contribution in [3.05, 3.63) is 76.1 Å². The second kappa shape index (κ2) is 8.38. The van der Waals surface area contributed by atoms with Crippen molar-refractivity contribution in [3.8, 4) is 0 Å². The van der Waals surface area contributed by atoms with E-state index in [-0.39, 0.29) is 17.3 Å². The monoisotopic (exact) mass is 353 g/mol. The van der Waals surface area contributed by atoms with Crippen LogP contribution in [-0.2, 0) is 17.6 Å². The van der Waals surface area contributed by atoms with E-state index in [9.17, 15) is 14.0 Å². The molecule has 26 heavy (non-hydrogen) atoms. The maximum Gasteiger partial charge on any atom is 0.258 e. The fourth-order valence-electron chi connectivity index (χ4n) is 2.76. The first-order valence-corrected chi connectivity index (χ1v) is 8.61. The molecule has 0 saturated heterocycles. The molecule has 0 unspecified atom stereocenters. The highest BCUT2D eigenvalue weighted by molar-refractivity contribution is 5.77. The van der Waals surface area contributed by atoms with Gasteiger partial charge in [-0.15, -0.1) is 0 Å². The number of nitrogens with zero attached hydrogens (tertiary/aromatic N) is 1. The van der Waals surface area contributed by atoms with Gasteiger partial charge in [-0.05, 0) is 42.7 Å². The zero-order chi connectivity index (χ0) is 18.4. The summed E-state index contributed by atoms with van der Waals surface area (Å²) in [5, 5.41) is 3.41. The average molecular weight is 353 g/mol. The van der Waals surface area contributed by atoms with Gasteiger partial charge in [0.15, 0.2) is 0 Å². The van der Waals surface area contributed by atoms with Gasteiger partial charge in [0.05, 0.1) is 10.9 Å². The molecule has 0 atom stereocenters. The number of para-hydroxylation sites is 1. The fraction of sp³-hybridized carbons (Fsp3) is 0.250. The van der Waals surface area contributed by atoms with Crippen molar-refractivity contribution in [1.82, 2.24) is 15.3 Å². The number of rotatable bonds is 7. The van der Waals surface area contributed by atoms with Crippen LogP contribution in [0.25, 0.3) is 10.9 Å². The van der Waals surface area contributed by atoms with E-state index in [0.717, 1.165) is 5.56 Å². The summed E-state index contributed by atoms with van der Waals surface area (Å²) in [6, 6.07) is 13.4. The third kappa shape index (κ3) is 4.75. The molecule has 1 amide bonds. The van der Waals surface area contributed by atoms with Crippen LogP contribution in [0, 0.1) is 5.82 Å².